The van der Waals surface area contributed by atoms with E-state index in [1.807, 2.05) is 20.1 Å². The molecule has 0 aromatic carbocycles. The summed E-state index contributed by atoms with van der Waals surface area (Å²) in [5, 5.41) is 25.5. The minimum Gasteiger partial charge on any atom is -0.480 e. The lowest BCUT2D eigenvalue weighted by Gasteiger charge is -2.25. The van der Waals surface area contributed by atoms with Crippen LogP contribution in [0, 0.1) is 5.92 Å². The lowest BCUT2D eigenvalue weighted by molar-refractivity contribution is -0.139. The van der Waals surface area contributed by atoms with E-state index in [-0.39, 0.29) is 5.92 Å². The van der Waals surface area contributed by atoms with Crippen molar-refractivity contribution < 1.29 is 29.4 Å². The monoisotopic (exact) mass is 420 g/mol. The van der Waals surface area contributed by atoms with Gasteiger partial charge in [0.1, 0.15) is 18.6 Å². The van der Waals surface area contributed by atoms with E-state index < -0.39 is 54.5 Å². The second kappa shape index (κ2) is 13.3. The predicted octanol–water partition coefficient (Wildman–Crippen LogP) is -1.34. The van der Waals surface area contributed by atoms with Gasteiger partial charge in [0.25, 0.3) is 0 Å². The predicted molar refractivity (Wildman–Crippen MR) is 107 cm³/mol. The molecule has 162 valence electrons. The molecule has 0 aliphatic carbocycles. The molecule has 0 aromatic heterocycles. The van der Waals surface area contributed by atoms with Crippen molar-refractivity contribution in [3.8, 4) is 0 Å². The summed E-state index contributed by atoms with van der Waals surface area (Å²) in [6.07, 6.45) is 1.34. The Balaban J connectivity index is 5.11. The zero-order chi connectivity index (χ0) is 21.9. The van der Waals surface area contributed by atoms with Gasteiger partial charge in [-0.3, -0.25) is 19.2 Å². The molecule has 0 aliphatic heterocycles. The van der Waals surface area contributed by atoms with Gasteiger partial charge < -0.3 is 31.9 Å². The summed E-state index contributed by atoms with van der Waals surface area (Å²) >= 11 is 1.48. The van der Waals surface area contributed by atoms with Crippen molar-refractivity contribution in [3.63, 3.8) is 0 Å². The molecule has 0 aliphatic rings. The van der Waals surface area contributed by atoms with Gasteiger partial charge in [-0.25, -0.2) is 0 Å². The van der Waals surface area contributed by atoms with Crippen LogP contribution in [-0.2, 0) is 19.2 Å². The van der Waals surface area contributed by atoms with E-state index in [9.17, 15) is 24.3 Å². The van der Waals surface area contributed by atoms with Gasteiger partial charge in [0.05, 0.1) is 12.1 Å². The maximum absolute atomic E-state index is 12.6. The molecule has 28 heavy (non-hydrogen) atoms. The molecule has 0 saturated carbocycles. The van der Waals surface area contributed by atoms with E-state index in [1.165, 1.54) is 18.7 Å². The number of aliphatic hydroxyl groups excluding tert-OH is 1. The number of aliphatic carboxylic acids is 1. The Hall–Kier alpha value is -1.85. The van der Waals surface area contributed by atoms with Crippen molar-refractivity contribution in [3.05, 3.63) is 0 Å². The standard InChI is InChI=1S/C17H32N4O6S/c1-9(2)7-11(18)15(25)20-12(5-6-28-4)16(26)21-14(10(3)22)17(27)19-8-13(23)24/h9-12,14,22H,5-8,18H2,1-4H3,(H,19,27)(H,20,25)(H,21,26)(H,23,24). The number of hydrogen-bond donors (Lipinski definition) is 6. The first-order chi connectivity index (χ1) is 13.0. The number of carboxylic acid groups (broad SMARTS) is 1. The molecular weight excluding hydrogens is 388 g/mol. The molecule has 4 atom stereocenters. The fraction of sp³-hybridized carbons (Fsp3) is 0.765. The van der Waals surface area contributed by atoms with Crippen molar-refractivity contribution in [2.45, 2.75) is 57.8 Å². The van der Waals surface area contributed by atoms with Crippen LogP contribution in [0.2, 0.25) is 0 Å². The Morgan fingerprint density at radius 1 is 1.04 bits per heavy atom. The summed E-state index contributed by atoms with van der Waals surface area (Å²) in [5.74, 6) is -2.45. The lowest BCUT2D eigenvalue weighted by atomic mass is 10.0. The highest BCUT2D eigenvalue weighted by molar-refractivity contribution is 7.98. The van der Waals surface area contributed by atoms with Gasteiger partial charge in [0, 0.05) is 0 Å². The molecule has 0 radical (unpaired) electrons. The van der Waals surface area contributed by atoms with Crippen LogP contribution in [0.15, 0.2) is 0 Å². The number of aliphatic hydroxyl groups is 1. The average Bonchev–Trinajstić information content (AvgIpc) is 2.59. The zero-order valence-corrected chi connectivity index (χ0v) is 17.5. The molecule has 3 amide bonds. The minimum absolute atomic E-state index is 0.205. The number of carbonyl (C=O) groups excluding carboxylic acids is 3. The first-order valence-corrected chi connectivity index (χ1v) is 10.4. The summed E-state index contributed by atoms with van der Waals surface area (Å²) in [4.78, 5) is 47.5. The Labute approximate surface area is 169 Å². The molecule has 0 heterocycles. The second-order valence-electron chi connectivity index (χ2n) is 6.92. The number of carbonyl (C=O) groups is 4. The van der Waals surface area contributed by atoms with Crippen molar-refractivity contribution in [2.24, 2.45) is 11.7 Å². The van der Waals surface area contributed by atoms with Crippen molar-refractivity contribution in [1.29, 1.82) is 0 Å². The van der Waals surface area contributed by atoms with Crippen LogP contribution in [0.4, 0.5) is 0 Å². The Bertz CT molecular complexity index is 544. The third-order valence-electron chi connectivity index (χ3n) is 3.78. The largest absolute Gasteiger partial charge is 0.480 e. The molecule has 4 unspecified atom stereocenters. The fourth-order valence-corrected chi connectivity index (χ4v) is 2.80. The van der Waals surface area contributed by atoms with Gasteiger partial charge in [-0.15, -0.1) is 0 Å². The molecule has 0 spiro atoms. The molecular formula is C17H32N4O6S. The molecule has 0 aromatic rings. The number of carboxylic acids is 1. The van der Waals surface area contributed by atoms with Gasteiger partial charge in [0.15, 0.2) is 0 Å². The molecule has 10 nitrogen and oxygen atoms in total. The maximum atomic E-state index is 12.6. The zero-order valence-electron chi connectivity index (χ0n) is 16.7. The maximum Gasteiger partial charge on any atom is 0.322 e. The van der Waals surface area contributed by atoms with Crippen LogP contribution < -0.4 is 21.7 Å². The SMILES string of the molecule is CSCCC(NC(=O)C(N)CC(C)C)C(=O)NC(C(=O)NCC(=O)O)C(C)O. The number of thioether (sulfide) groups is 1. The Kier molecular flexibility index (Phi) is 12.5. The molecule has 0 bridgehead atoms. The van der Waals surface area contributed by atoms with Crippen LogP contribution in [0.5, 0.6) is 0 Å². The summed E-state index contributed by atoms with van der Waals surface area (Å²) in [5.41, 5.74) is 5.85. The van der Waals surface area contributed by atoms with E-state index in [2.05, 4.69) is 16.0 Å². The average molecular weight is 421 g/mol. The van der Waals surface area contributed by atoms with Crippen LogP contribution >= 0.6 is 11.8 Å². The van der Waals surface area contributed by atoms with E-state index >= 15 is 0 Å². The minimum atomic E-state index is -1.36. The third-order valence-corrected chi connectivity index (χ3v) is 4.43. The number of hydrogen-bond acceptors (Lipinski definition) is 7. The summed E-state index contributed by atoms with van der Waals surface area (Å²) in [6.45, 7) is 4.50. The van der Waals surface area contributed by atoms with Crippen molar-refractivity contribution in [2.75, 3.05) is 18.6 Å². The lowest BCUT2D eigenvalue weighted by Crippen LogP contribution is -2.58. The third kappa shape index (κ3) is 10.5. The van der Waals surface area contributed by atoms with Crippen LogP contribution in [0.1, 0.15) is 33.6 Å². The number of rotatable bonds is 13. The normalized spacial score (nSPS) is 15.2. The van der Waals surface area contributed by atoms with Crippen molar-refractivity contribution in [1.82, 2.24) is 16.0 Å². The molecule has 0 fully saturated rings. The first-order valence-electron chi connectivity index (χ1n) is 9.02. The number of nitrogens with two attached hydrogens (primary N) is 1. The smallest absolute Gasteiger partial charge is 0.322 e. The van der Waals surface area contributed by atoms with E-state index in [4.69, 9.17) is 10.8 Å². The Morgan fingerprint density at radius 2 is 1.64 bits per heavy atom. The van der Waals surface area contributed by atoms with Gasteiger partial charge in [-0.1, -0.05) is 13.8 Å². The van der Waals surface area contributed by atoms with Gasteiger partial charge in [0.2, 0.25) is 17.7 Å². The summed E-state index contributed by atoms with van der Waals surface area (Å²) in [6, 6.07) is -3.06. The van der Waals surface area contributed by atoms with E-state index in [0.717, 1.165) is 0 Å². The summed E-state index contributed by atoms with van der Waals surface area (Å²) < 4.78 is 0. The molecule has 7 N–H and O–H groups in total. The number of nitrogens with one attached hydrogen (secondary N) is 3. The molecule has 0 saturated heterocycles. The first kappa shape index (κ1) is 26.1. The second-order valence-corrected chi connectivity index (χ2v) is 7.90. The topological polar surface area (TPSA) is 171 Å². The van der Waals surface area contributed by atoms with Gasteiger partial charge in [-0.05, 0) is 37.7 Å². The highest BCUT2D eigenvalue weighted by Gasteiger charge is 2.30. The molecule has 11 heteroatoms. The highest BCUT2D eigenvalue weighted by atomic mass is 32.2. The van der Waals surface area contributed by atoms with Crippen molar-refractivity contribution >= 4 is 35.5 Å². The highest BCUT2D eigenvalue weighted by Crippen LogP contribution is 2.06. The Morgan fingerprint density at radius 3 is 2.11 bits per heavy atom. The van der Waals surface area contributed by atoms with E-state index in [1.54, 1.807) is 0 Å². The van der Waals surface area contributed by atoms with Crippen LogP contribution in [-0.4, -0.2) is 76.7 Å². The quantitative estimate of drug-likeness (QED) is 0.213. The van der Waals surface area contributed by atoms with E-state index in [0.29, 0.717) is 18.6 Å². The molecule has 0 rings (SSSR count). The van der Waals surface area contributed by atoms with Crippen LogP contribution in [0.3, 0.4) is 0 Å². The van der Waals surface area contributed by atoms with Gasteiger partial charge in [-0.2, -0.15) is 11.8 Å². The fourth-order valence-electron chi connectivity index (χ4n) is 2.33. The number of amides is 3. The summed E-state index contributed by atoms with van der Waals surface area (Å²) in [7, 11) is 0. The van der Waals surface area contributed by atoms with Crippen LogP contribution in [0.25, 0.3) is 0 Å². The van der Waals surface area contributed by atoms with Gasteiger partial charge >= 0.3 is 5.97 Å².